The summed E-state index contributed by atoms with van der Waals surface area (Å²) in [4.78, 5) is 12.0. The summed E-state index contributed by atoms with van der Waals surface area (Å²) in [5.41, 5.74) is 0.687. The van der Waals surface area contributed by atoms with Crippen LogP contribution in [0.4, 0.5) is 5.69 Å². The van der Waals surface area contributed by atoms with Gasteiger partial charge in [-0.25, -0.2) is 0 Å². The summed E-state index contributed by atoms with van der Waals surface area (Å²) in [6.07, 6.45) is 0.898. The fourth-order valence-corrected chi connectivity index (χ4v) is 2.60. The number of ether oxygens (including phenoxy) is 3. The van der Waals surface area contributed by atoms with Crippen molar-refractivity contribution in [2.24, 2.45) is 0 Å². The van der Waals surface area contributed by atoms with Gasteiger partial charge in [-0.15, -0.1) is 0 Å². The molecular weight excluding hydrogens is 377 g/mol. The summed E-state index contributed by atoms with van der Waals surface area (Å²) in [6, 6.07) is 12.3. The molecule has 0 heterocycles. The number of nitrogens with one attached hydrogen (secondary N) is 1. The molecule has 0 bridgehead atoms. The summed E-state index contributed by atoms with van der Waals surface area (Å²) < 4.78 is 16.0. The van der Waals surface area contributed by atoms with Crippen LogP contribution in [0.2, 0.25) is 10.0 Å². The van der Waals surface area contributed by atoms with Crippen LogP contribution in [0.5, 0.6) is 11.5 Å². The molecule has 2 rings (SSSR count). The van der Waals surface area contributed by atoms with E-state index in [0.29, 0.717) is 59.9 Å². The van der Waals surface area contributed by atoms with Crippen molar-refractivity contribution in [3.8, 4) is 11.5 Å². The van der Waals surface area contributed by atoms with Gasteiger partial charge in [0.2, 0.25) is 5.91 Å². The Bertz CT molecular complexity index is 724. The van der Waals surface area contributed by atoms with Crippen LogP contribution in [0.25, 0.3) is 0 Å². The summed E-state index contributed by atoms with van der Waals surface area (Å²) in [7, 11) is 1.62. The molecule has 0 aliphatic carbocycles. The highest BCUT2D eigenvalue weighted by atomic mass is 35.5. The summed E-state index contributed by atoms with van der Waals surface area (Å²) in [6.45, 7) is 1.35. The van der Waals surface area contributed by atoms with Gasteiger partial charge in [-0.1, -0.05) is 29.3 Å². The van der Waals surface area contributed by atoms with Gasteiger partial charge in [0.15, 0.2) is 0 Å². The van der Waals surface area contributed by atoms with Crippen LogP contribution in [0, 0.1) is 0 Å². The van der Waals surface area contributed by atoms with E-state index in [1.807, 2.05) is 18.2 Å². The van der Waals surface area contributed by atoms with Crippen molar-refractivity contribution in [2.75, 3.05) is 32.2 Å². The number of rotatable bonds is 10. The third kappa shape index (κ3) is 7.12. The van der Waals surface area contributed by atoms with Gasteiger partial charge in [0.05, 0.1) is 18.2 Å². The lowest BCUT2D eigenvalue weighted by atomic mass is 10.2. The molecule has 0 saturated carbocycles. The topological polar surface area (TPSA) is 56.8 Å². The summed E-state index contributed by atoms with van der Waals surface area (Å²) in [5, 5.41) is 3.84. The number of benzene rings is 2. The number of carbonyl (C=O) groups is 1. The molecule has 0 aromatic heterocycles. The van der Waals surface area contributed by atoms with Crippen LogP contribution >= 0.6 is 23.2 Å². The molecule has 0 radical (unpaired) electrons. The van der Waals surface area contributed by atoms with E-state index in [2.05, 4.69) is 5.32 Å². The molecule has 1 N–H and O–H groups in total. The molecule has 0 spiro atoms. The lowest BCUT2D eigenvalue weighted by molar-refractivity contribution is -0.116. The zero-order chi connectivity index (χ0) is 18.8. The molecule has 0 saturated heterocycles. The van der Waals surface area contributed by atoms with Crippen molar-refractivity contribution in [1.29, 1.82) is 0 Å². The first-order valence-electron chi connectivity index (χ1n) is 8.18. The molecule has 0 atom stereocenters. The Morgan fingerprint density at radius 3 is 2.65 bits per heavy atom. The average Bonchev–Trinajstić information content (AvgIpc) is 2.61. The van der Waals surface area contributed by atoms with Gasteiger partial charge in [-0.3, -0.25) is 4.79 Å². The second-order valence-electron chi connectivity index (χ2n) is 5.44. The zero-order valence-corrected chi connectivity index (χ0v) is 16.0. The summed E-state index contributed by atoms with van der Waals surface area (Å²) >= 11 is 11.9. The van der Waals surface area contributed by atoms with Crippen LogP contribution in [-0.4, -0.2) is 32.8 Å². The van der Waals surface area contributed by atoms with Gasteiger partial charge in [-0.05, 0) is 36.8 Å². The molecule has 2 aromatic rings. The minimum Gasteiger partial charge on any atom is -0.492 e. The Morgan fingerprint density at radius 1 is 1.04 bits per heavy atom. The highest BCUT2D eigenvalue weighted by Gasteiger charge is 2.06. The van der Waals surface area contributed by atoms with E-state index in [0.717, 1.165) is 0 Å². The maximum Gasteiger partial charge on any atom is 0.224 e. The van der Waals surface area contributed by atoms with Gasteiger partial charge in [0, 0.05) is 30.3 Å². The van der Waals surface area contributed by atoms with E-state index in [1.165, 1.54) is 0 Å². The molecule has 5 nitrogen and oxygen atoms in total. The van der Waals surface area contributed by atoms with Gasteiger partial charge >= 0.3 is 0 Å². The predicted molar refractivity (Wildman–Crippen MR) is 104 cm³/mol. The number of methoxy groups -OCH3 is 1. The highest BCUT2D eigenvalue weighted by molar-refractivity contribution is 6.35. The molecule has 0 aliphatic heterocycles. The third-order valence-corrected chi connectivity index (χ3v) is 3.90. The Morgan fingerprint density at radius 2 is 1.88 bits per heavy atom. The maximum atomic E-state index is 12.0. The monoisotopic (exact) mass is 397 g/mol. The van der Waals surface area contributed by atoms with Crippen LogP contribution in [-0.2, 0) is 9.53 Å². The number of hydrogen-bond donors (Lipinski definition) is 1. The minimum absolute atomic E-state index is 0.0927. The molecule has 0 aliphatic rings. The Kier molecular flexibility index (Phi) is 8.54. The Hall–Kier alpha value is -1.95. The van der Waals surface area contributed by atoms with Crippen LogP contribution in [0.1, 0.15) is 12.8 Å². The Balaban J connectivity index is 1.72. The van der Waals surface area contributed by atoms with Crippen LogP contribution < -0.4 is 14.8 Å². The van der Waals surface area contributed by atoms with Crippen molar-refractivity contribution in [3.05, 3.63) is 52.5 Å². The molecule has 0 fully saturated rings. The molecule has 0 unspecified atom stereocenters. The first-order chi connectivity index (χ1) is 12.6. The fourth-order valence-electron chi connectivity index (χ4n) is 2.14. The molecule has 140 valence electrons. The van der Waals surface area contributed by atoms with Crippen LogP contribution in [0.3, 0.4) is 0 Å². The van der Waals surface area contributed by atoms with E-state index in [4.69, 9.17) is 37.4 Å². The standard InChI is InChI=1S/C19H21Cl2NO4/c1-24-10-11-25-16-5-2-4-15(13-16)22-19(23)6-3-9-26-18-8-7-14(20)12-17(18)21/h2,4-5,7-8,12-13H,3,6,9-11H2,1H3,(H,22,23). The number of carbonyl (C=O) groups excluding carboxylic acids is 1. The molecule has 1 amide bonds. The number of hydrogen-bond acceptors (Lipinski definition) is 4. The number of amides is 1. The lowest BCUT2D eigenvalue weighted by Gasteiger charge is -2.10. The van der Waals surface area contributed by atoms with Gasteiger partial charge in [-0.2, -0.15) is 0 Å². The van der Waals surface area contributed by atoms with Crippen molar-refractivity contribution < 1.29 is 19.0 Å². The second-order valence-corrected chi connectivity index (χ2v) is 6.29. The van der Waals surface area contributed by atoms with Crippen LogP contribution in [0.15, 0.2) is 42.5 Å². The lowest BCUT2D eigenvalue weighted by Crippen LogP contribution is -2.13. The first kappa shape index (κ1) is 20.4. The van der Waals surface area contributed by atoms with Crippen molar-refractivity contribution in [3.63, 3.8) is 0 Å². The van der Waals surface area contributed by atoms with Crippen molar-refractivity contribution >= 4 is 34.8 Å². The quantitative estimate of drug-likeness (QED) is 0.584. The fraction of sp³-hybridized carbons (Fsp3) is 0.316. The van der Waals surface area contributed by atoms with Gasteiger partial charge in [0.1, 0.15) is 18.1 Å². The number of halogens is 2. The second kappa shape index (κ2) is 10.9. The SMILES string of the molecule is COCCOc1cccc(NC(=O)CCCOc2ccc(Cl)cc2Cl)c1. The highest BCUT2D eigenvalue weighted by Crippen LogP contribution is 2.27. The van der Waals surface area contributed by atoms with E-state index in [-0.39, 0.29) is 5.91 Å². The molecular formula is C19H21Cl2NO4. The molecule has 7 heteroatoms. The summed E-state index contributed by atoms with van der Waals surface area (Å²) in [5.74, 6) is 1.14. The minimum atomic E-state index is -0.0927. The van der Waals surface area contributed by atoms with E-state index >= 15 is 0 Å². The molecule has 26 heavy (non-hydrogen) atoms. The normalized spacial score (nSPS) is 10.4. The zero-order valence-electron chi connectivity index (χ0n) is 14.5. The molecule has 2 aromatic carbocycles. The largest absolute Gasteiger partial charge is 0.492 e. The maximum absolute atomic E-state index is 12.0. The van der Waals surface area contributed by atoms with Crippen molar-refractivity contribution in [1.82, 2.24) is 0 Å². The van der Waals surface area contributed by atoms with E-state index in [9.17, 15) is 4.79 Å². The van der Waals surface area contributed by atoms with E-state index in [1.54, 1.807) is 31.4 Å². The van der Waals surface area contributed by atoms with Gasteiger partial charge < -0.3 is 19.5 Å². The predicted octanol–water partition coefficient (Wildman–Crippen LogP) is 4.82. The number of anilines is 1. The smallest absolute Gasteiger partial charge is 0.224 e. The third-order valence-electron chi connectivity index (χ3n) is 3.37. The first-order valence-corrected chi connectivity index (χ1v) is 8.93. The van der Waals surface area contributed by atoms with Gasteiger partial charge in [0.25, 0.3) is 0 Å². The van der Waals surface area contributed by atoms with Crippen molar-refractivity contribution in [2.45, 2.75) is 12.8 Å². The average molecular weight is 398 g/mol. The Labute approximate surface area is 163 Å². The van der Waals surface area contributed by atoms with E-state index < -0.39 is 0 Å².